The van der Waals surface area contributed by atoms with Crippen molar-refractivity contribution in [3.63, 3.8) is 0 Å². The summed E-state index contributed by atoms with van der Waals surface area (Å²) in [6.45, 7) is 0. The largest absolute Gasteiger partial charge is 1.00 e. The quantitative estimate of drug-likeness (QED) is 0.278. The van der Waals surface area contributed by atoms with E-state index in [2.05, 4.69) is 4.74 Å². The summed E-state index contributed by atoms with van der Waals surface area (Å²) in [5.41, 5.74) is 0.221. The molecule has 1 aromatic carbocycles. The van der Waals surface area contributed by atoms with E-state index in [1.807, 2.05) is 0 Å². The SMILES string of the molecule is O=C1OC(=O)c2c1ccc(Cl)c2Cl.[F-].[K+]. The number of carbonyl (C=O) groups is 2. The van der Waals surface area contributed by atoms with Crippen LogP contribution in [0.5, 0.6) is 0 Å². The number of benzene rings is 1. The molecule has 0 saturated carbocycles. The van der Waals surface area contributed by atoms with E-state index in [1.165, 1.54) is 12.1 Å². The second-order valence-electron chi connectivity index (χ2n) is 2.46. The molecule has 0 saturated heterocycles. The molecule has 0 atom stereocenters. The number of hydrogen-bond donors (Lipinski definition) is 0. The van der Waals surface area contributed by atoms with E-state index in [-0.39, 0.29) is 77.3 Å². The van der Waals surface area contributed by atoms with Crippen molar-refractivity contribution in [2.45, 2.75) is 0 Å². The molecule has 15 heavy (non-hydrogen) atoms. The molecule has 0 radical (unpaired) electrons. The van der Waals surface area contributed by atoms with Gasteiger partial charge in [0.2, 0.25) is 0 Å². The maximum absolute atomic E-state index is 11.1. The van der Waals surface area contributed by atoms with Gasteiger partial charge in [-0.3, -0.25) is 0 Å². The maximum atomic E-state index is 11.1. The monoisotopic (exact) mass is 274 g/mol. The van der Waals surface area contributed by atoms with Crippen LogP contribution in [-0.4, -0.2) is 11.9 Å². The summed E-state index contributed by atoms with van der Waals surface area (Å²) < 4.78 is 4.35. The number of carbonyl (C=O) groups excluding carboxylic acids is 2. The van der Waals surface area contributed by atoms with Gasteiger partial charge in [-0.2, -0.15) is 0 Å². The summed E-state index contributed by atoms with van der Waals surface area (Å²) in [5, 5.41) is 0.294. The van der Waals surface area contributed by atoms with E-state index in [1.54, 1.807) is 0 Å². The molecule has 0 aliphatic carbocycles. The smallest absolute Gasteiger partial charge is 1.00 e. The van der Waals surface area contributed by atoms with Gasteiger partial charge in [-0.1, -0.05) is 23.2 Å². The van der Waals surface area contributed by atoms with Crippen LogP contribution >= 0.6 is 23.2 Å². The van der Waals surface area contributed by atoms with Crippen molar-refractivity contribution < 1.29 is 70.4 Å². The molecule has 1 aliphatic heterocycles. The van der Waals surface area contributed by atoms with Crippen LogP contribution in [0.15, 0.2) is 12.1 Å². The maximum Gasteiger partial charge on any atom is 1.00 e. The van der Waals surface area contributed by atoms with Gasteiger partial charge in [0.25, 0.3) is 0 Å². The third kappa shape index (κ3) is 2.61. The molecular formula is C8H2Cl2FKO3. The fourth-order valence-corrected chi connectivity index (χ4v) is 1.51. The molecule has 0 amide bonds. The molecule has 7 heteroatoms. The molecule has 3 nitrogen and oxygen atoms in total. The molecule has 1 heterocycles. The average molecular weight is 275 g/mol. The topological polar surface area (TPSA) is 43.4 Å². The first-order valence-electron chi connectivity index (χ1n) is 3.36. The van der Waals surface area contributed by atoms with E-state index in [4.69, 9.17) is 23.2 Å². The van der Waals surface area contributed by atoms with Crippen molar-refractivity contribution in [2.24, 2.45) is 0 Å². The van der Waals surface area contributed by atoms with Gasteiger partial charge < -0.3 is 9.44 Å². The van der Waals surface area contributed by atoms with Crippen molar-refractivity contribution in [1.29, 1.82) is 0 Å². The minimum absolute atomic E-state index is 0. The first-order chi connectivity index (χ1) is 6.11. The van der Waals surface area contributed by atoms with Crippen molar-refractivity contribution >= 4 is 35.1 Å². The van der Waals surface area contributed by atoms with Crippen LogP contribution in [-0.2, 0) is 4.74 Å². The Morgan fingerprint density at radius 1 is 1.07 bits per heavy atom. The number of halogens is 3. The van der Waals surface area contributed by atoms with Gasteiger partial charge in [-0.05, 0) is 12.1 Å². The Morgan fingerprint density at radius 3 is 2.27 bits per heavy atom. The Balaban J connectivity index is 0.000000980. The van der Waals surface area contributed by atoms with Crippen LogP contribution in [0.1, 0.15) is 20.7 Å². The second kappa shape index (κ2) is 5.72. The predicted octanol–water partition coefficient (Wildman–Crippen LogP) is -3.69. The Morgan fingerprint density at radius 2 is 1.67 bits per heavy atom. The molecular weight excluding hydrogens is 273 g/mol. The van der Waals surface area contributed by atoms with Gasteiger partial charge in [0, 0.05) is 0 Å². The minimum atomic E-state index is -0.743. The number of esters is 2. The fourth-order valence-electron chi connectivity index (χ4n) is 1.11. The van der Waals surface area contributed by atoms with Crippen LogP contribution in [0.2, 0.25) is 10.0 Å². The summed E-state index contributed by atoms with van der Waals surface area (Å²) >= 11 is 11.4. The molecule has 2 rings (SSSR count). The van der Waals surface area contributed by atoms with Crippen molar-refractivity contribution in [2.75, 3.05) is 0 Å². The average Bonchev–Trinajstić information content (AvgIpc) is 2.35. The first-order valence-corrected chi connectivity index (χ1v) is 4.11. The summed E-state index contributed by atoms with van der Waals surface area (Å²) in [6, 6.07) is 2.86. The van der Waals surface area contributed by atoms with Crippen LogP contribution in [0.3, 0.4) is 0 Å². The van der Waals surface area contributed by atoms with E-state index >= 15 is 0 Å². The zero-order valence-corrected chi connectivity index (χ0v) is 12.1. The van der Waals surface area contributed by atoms with Crippen LogP contribution < -0.4 is 56.1 Å². The minimum Gasteiger partial charge on any atom is -1.00 e. The Labute approximate surface area is 137 Å². The summed E-state index contributed by atoms with van der Waals surface area (Å²) in [7, 11) is 0. The Kier molecular flexibility index (Phi) is 5.91. The Hall–Kier alpha value is 0.506. The van der Waals surface area contributed by atoms with Gasteiger partial charge in [0.05, 0.1) is 21.2 Å². The van der Waals surface area contributed by atoms with Gasteiger partial charge >= 0.3 is 63.3 Å². The summed E-state index contributed by atoms with van der Waals surface area (Å²) in [5.74, 6) is -1.42. The van der Waals surface area contributed by atoms with E-state index in [9.17, 15) is 9.59 Å². The fraction of sp³-hybridized carbons (Fsp3) is 0. The molecule has 0 aromatic heterocycles. The van der Waals surface area contributed by atoms with Gasteiger partial charge in [-0.25, -0.2) is 9.59 Å². The van der Waals surface area contributed by atoms with Crippen molar-refractivity contribution in [1.82, 2.24) is 0 Å². The predicted molar refractivity (Wildman–Crippen MR) is 46.2 cm³/mol. The molecule has 0 N–H and O–H groups in total. The van der Waals surface area contributed by atoms with Crippen LogP contribution in [0.25, 0.3) is 0 Å². The van der Waals surface area contributed by atoms with Gasteiger partial charge in [0.15, 0.2) is 0 Å². The molecule has 74 valence electrons. The van der Waals surface area contributed by atoms with Crippen molar-refractivity contribution in [3.05, 3.63) is 33.3 Å². The second-order valence-corrected chi connectivity index (χ2v) is 3.25. The molecule has 0 spiro atoms. The standard InChI is InChI=1S/C8H2Cl2O3.FH.K/c9-4-2-1-3-5(6(4)10)8(12)13-7(3)11;;/h1-2H;1H;/q;;+1/p-1. The Bertz CT molecular complexity index is 436. The number of fused-ring (bicyclic) bond motifs is 1. The van der Waals surface area contributed by atoms with Gasteiger partial charge in [-0.15, -0.1) is 0 Å². The third-order valence-electron chi connectivity index (χ3n) is 1.70. The number of hydrogen-bond acceptors (Lipinski definition) is 3. The summed E-state index contributed by atoms with van der Waals surface area (Å²) in [6.07, 6.45) is 0. The normalized spacial score (nSPS) is 12.4. The van der Waals surface area contributed by atoms with Crippen molar-refractivity contribution in [3.8, 4) is 0 Å². The van der Waals surface area contributed by atoms with Crippen LogP contribution in [0.4, 0.5) is 0 Å². The third-order valence-corrected chi connectivity index (χ3v) is 2.51. The first kappa shape index (κ1) is 15.5. The molecule has 1 aliphatic rings. The molecule has 0 unspecified atom stereocenters. The zero-order chi connectivity index (χ0) is 9.59. The van der Waals surface area contributed by atoms with Gasteiger partial charge in [0.1, 0.15) is 0 Å². The molecule has 0 bridgehead atoms. The van der Waals surface area contributed by atoms with E-state index in [0.29, 0.717) is 0 Å². The van der Waals surface area contributed by atoms with Crippen LogP contribution in [0, 0.1) is 0 Å². The molecule has 0 fully saturated rings. The number of rotatable bonds is 0. The van der Waals surface area contributed by atoms with E-state index in [0.717, 1.165) is 0 Å². The molecule has 1 aromatic rings. The summed E-state index contributed by atoms with van der Waals surface area (Å²) in [4.78, 5) is 22.1. The zero-order valence-electron chi connectivity index (χ0n) is 7.51. The number of cyclic esters (lactones) is 2. The number of ether oxygens (including phenoxy) is 1. The van der Waals surface area contributed by atoms with E-state index < -0.39 is 11.9 Å².